The van der Waals surface area contributed by atoms with E-state index in [0.29, 0.717) is 11.4 Å². The highest BCUT2D eigenvalue weighted by Gasteiger charge is 2.19. The lowest BCUT2D eigenvalue weighted by molar-refractivity contribution is 0.520. The van der Waals surface area contributed by atoms with Crippen molar-refractivity contribution in [3.63, 3.8) is 0 Å². The van der Waals surface area contributed by atoms with Gasteiger partial charge in [-0.05, 0) is 24.6 Å². The van der Waals surface area contributed by atoms with Crippen molar-refractivity contribution >= 4 is 15.7 Å². The van der Waals surface area contributed by atoms with Crippen LogP contribution in [0.25, 0.3) is 5.69 Å². The zero-order chi connectivity index (χ0) is 15.6. The Morgan fingerprint density at radius 1 is 1.33 bits per heavy atom. The van der Waals surface area contributed by atoms with Gasteiger partial charge in [-0.25, -0.2) is 17.7 Å². The Kier molecular flexibility index (Phi) is 4.34. The second kappa shape index (κ2) is 5.87. The fraction of sp³-hybridized carbons (Fsp3) is 0.357. The van der Waals surface area contributed by atoms with Crippen LogP contribution in [0.5, 0.6) is 0 Å². The van der Waals surface area contributed by atoms with Crippen LogP contribution < -0.4 is 5.73 Å². The normalized spacial score (nSPS) is 12.0. The summed E-state index contributed by atoms with van der Waals surface area (Å²) in [6, 6.07) is 4.72. The van der Waals surface area contributed by atoms with Gasteiger partial charge < -0.3 is 10.3 Å². The van der Waals surface area contributed by atoms with Crippen LogP contribution in [0.1, 0.15) is 19.2 Å². The molecular formula is C14H20N4O2S. The fourth-order valence-corrected chi connectivity index (χ4v) is 2.99. The summed E-state index contributed by atoms with van der Waals surface area (Å²) in [4.78, 5) is 4.51. The highest BCUT2D eigenvalue weighted by atomic mass is 32.2. The van der Waals surface area contributed by atoms with Crippen LogP contribution >= 0.6 is 0 Å². The van der Waals surface area contributed by atoms with E-state index in [0.717, 1.165) is 18.7 Å². The minimum atomic E-state index is -3.49. The van der Waals surface area contributed by atoms with Crippen molar-refractivity contribution in [3.8, 4) is 5.69 Å². The number of aryl methyl sites for hydroxylation is 1. The molecule has 114 valence electrons. The van der Waals surface area contributed by atoms with Gasteiger partial charge in [0.15, 0.2) is 0 Å². The Bertz CT molecular complexity index is 735. The summed E-state index contributed by atoms with van der Waals surface area (Å²) in [5.74, 6) is 0.864. The minimum Gasteiger partial charge on any atom is -0.397 e. The molecule has 0 atom stereocenters. The first kappa shape index (κ1) is 15.5. The minimum absolute atomic E-state index is 0.216. The van der Waals surface area contributed by atoms with E-state index in [1.807, 2.05) is 4.57 Å². The van der Waals surface area contributed by atoms with E-state index < -0.39 is 10.0 Å². The van der Waals surface area contributed by atoms with Gasteiger partial charge in [0.1, 0.15) is 5.82 Å². The van der Waals surface area contributed by atoms with Gasteiger partial charge in [0.25, 0.3) is 0 Å². The van der Waals surface area contributed by atoms with Crippen molar-refractivity contribution in [2.45, 2.75) is 24.7 Å². The second-order valence-electron chi connectivity index (χ2n) is 4.97. The molecule has 7 heteroatoms. The maximum absolute atomic E-state index is 12.2. The average Bonchev–Trinajstić information content (AvgIpc) is 2.87. The van der Waals surface area contributed by atoms with Crippen LogP contribution in [-0.4, -0.2) is 36.4 Å². The van der Waals surface area contributed by atoms with E-state index in [2.05, 4.69) is 11.9 Å². The summed E-state index contributed by atoms with van der Waals surface area (Å²) in [7, 11) is -0.478. The number of nitrogen functional groups attached to an aromatic ring is 1. The first-order valence-corrected chi connectivity index (χ1v) is 8.16. The van der Waals surface area contributed by atoms with Crippen molar-refractivity contribution in [1.29, 1.82) is 0 Å². The topological polar surface area (TPSA) is 81.2 Å². The number of hydrogen-bond donors (Lipinski definition) is 1. The third-order valence-corrected chi connectivity index (χ3v) is 5.04. The van der Waals surface area contributed by atoms with E-state index in [1.54, 1.807) is 24.5 Å². The lowest BCUT2D eigenvalue weighted by atomic mass is 10.2. The number of anilines is 1. The van der Waals surface area contributed by atoms with Gasteiger partial charge in [0, 0.05) is 32.9 Å². The number of imidazole rings is 1. The smallest absolute Gasteiger partial charge is 0.242 e. The van der Waals surface area contributed by atoms with E-state index in [9.17, 15) is 8.42 Å². The van der Waals surface area contributed by atoms with Gasteiger partial charge >= 0.3 is 0 Å². The van der Waals surface area contributed by atoms with Crippen molar-refractivity contribution < 1.29 is 8.42 Å². The highest BCUT2D eigenvalue weighted by Crippen LogP contribution is 2.24. The van der Waals surface area contributed by atoms with Crippen LogP contribution in [-0.2, 0) is 16.4 Å². The lowest BCUT2D eigenvalue weighted by Gasteiger charge is -2.15. The molecule has 0 saturated heterocycles. The molecule has 1 aromatic heterocycles. The molecule has 0 fully saturated rings. The quantitative estimate of drug-likeness (QED) is 0.852. The molecule has 1 heterocycles. The Labute approximate surface area is 125 Å². The van der Waals surface area contributed by atoms with Crippen LogP contribution in [0, 0.1) is 0 Å². The third kappa shape index (κ3) is 2.93. The largest absolute Gasteiger partial charge is 0.397 e. The van der Waals surface area contributed by atoms with Crippen molar-refractivity contribution in [1.82, 2.24) is 13.9 Å². The lowest BCUT2D eigenvalue weighted by Crippen LogP contribution is -2.22. The molecule has 0 spiro atoms. The van der Waals surface area contributed by atoms with Crippen LogP contribution in [0.3, 0.4) is 0 Å². The fourth-order valence-electron chi connectivity index (χ4n) is 2.07. The van der Waals surface area contributed by atoms with Crippen LogP contribution in [0.4, 0.5) is 5.69 Å². The van der Waals surface area contributed by atoms with Gasteiger partial charge in [0.2, 0.25) is 10.0 Å². The molecule has 0 aliphatic carbocycles. The van der Waals surface area contributed by atoms with E-state index in [1.165, 1.54) is 24.5 Å². The number of benzene rings is 1. The Hall–Kier alpha value is -1.86. The summed E-state index contributed by atoms with van der Waals surface area (Å²) in [5.41, 5.74) is 7.16. The standard InChI is InChI=1S/C14H20N4O2S/c1-4-5-14-16-8-9-18(14)13-10-11(6-7-12(13)15)21(19,20)17(2)3/h6-10H,4-5,15H2,1-3H3. The number of nitrogens with zero attached hydrogens (tertiary/aromatic N) is 3. The number of sulfonamides is 1. The molecular weight excluding hydrogens is 288 g/mol. The maximum Gasteiger partial charge on any atom is 0.242 e. The van der Waals surface area contributed by atoms with Gasteiger partial charge in [-0.1, -0.05) is 6.92 Å². The molecule has 0 bridgehead atoms. The number of aromatic nitrogens is 2. The molecule has 0 saturated carbocycles. The van der Waals surface area contributed by atoms with E-state index in [4.69, 9.17) is 5.73 Å². The van der Waals surface area contributed by atoms with Gasteiger partial charge in [-0.3, -0.25) is 0 Å². The highest BCUT2D eigenvalue weighted by molar-refractivity contribution is 7.89. The summed E-state index contributed by atoms with van der Waals surface area (Å²) in [6.45, 7) is 2.06. The van der Waals surface area contributed by atoms with Crippen molar-refractivity contribution in [3.05, 3.63) is 36.4 Å². The third-order valence-electron chi connectivity index (χ3n) is 3.23. The summed E-state index contributed by atoms with van der Waals surface area (Å²) >= 11 is 0. The van der Waals surface area contributed by atoms with Gasteiger partial charge in [0.05, 0.1) is 16.3 Å². The monoisotopic (exact) mass is 308 g/mol. The van der Waals surface area contributed by atoms with Crippen molar-refractivity contribution in [2.24, 2.45) is 0 Å². The van der Waals surface area contributed by atoms with Gasteiger partial charge in [-0.15, -0.1) is 0 Å². The SMILES string of the molecule is CCCc1nccn1-c1cc(S(=O)(=O)N(C)C)ccc1N. The number of rotatable bonds is 5. The molecule has 21 heavy (non-hydrogen) atoms. The average molecular weight is 308 g/mol. The predicted molar refractivity (Wildman–Crippen MR) is 82.8 cm³/mol. The van der Waals surface area contributed by atoms with Crippen molar-refractivity contribution in [2.75, 3.05) is 19.8 Å². The first-order chi connectivity index (χ1) is 9.87. The Balaban J connectivity index is 2.57. The molecule has 0 unspecified atom stereocenters. The zero-order valence-corrected chi connectivity index (χ0v) is 13.3. The summed E-state index contributed by atoms with van der Waals surface area (Å²) in [5, 5.41) is 0. The molecule has 6 nitrogen and oxygen atoms in total. The van der Waals surface area contributed by atoms with E-state index in [-0.39, 0.29) is 4.90 Å². The first-order valence-electron chi connectivity index (χ1n) is 6.72. The van der Waals surface area contributed by atoms with Crippen LogP contribution in [0.15, 0.2) is 35.5 Å². The predicted octanol–water partition coefficient (Wildman–Crippen LogP) is 1.66. The molecule has 2 rings (SSSR count). The molecule has 0 aliphatic rings. The maximum atomic E-state index is 12.2. The van der Waals surface area contributed by atoms with Crippen LogP contribution in [0.2, 0.25) is 0 Å². The summed E-state index contributed by atoms with van der Waals surface area (Å²) in [6.07, 6.45) is 5.24. The molecule has 0 radical (unpaired) electrons. The molecule has 2 aromatic rings. The Morgan fingerprint density at radius 2 is 2.05 bits per heavy atom. The molecule has 0 aliphatic heterocycles. The van der Waals surface area contributed by atoms with Gasteiger partial charge in [-0.2, -0.15) is 0 Å². The second-order valence-corrected chi connectivity index (χ2v) is 7.12. The Morgan fingerprint density at radius 3 is 2.67 bits per heavy atom. The molecule has 0 amide bonds. The number of nitrogens with two attached hydrogens (primary N) is 1. The molecule has 1 aromatic carbocycles. The summed E-state index contributed by atoms with van der Waals surface area (Å²) < 4.78 is 27.5. The number of hydrogen-bond acceptors (Lipinski definition) is 4. The molecule has 2 N–H and O–H groups in total. The zero-order valence-electron chi connectivity index (χ0n) is 12.4. The van der Waals surface area contributed by atoms with E-state index >= 15 is 0 Å².